The lowest BCUT2D eigenvalue weighted by molar-refractivity contribution is -0.128. The van der Waals surface area contributed by atoms with Crippen molar-refractivity contribution in [1.29, 1.82) is 0 Å². The van der Waals surface area contributed by atoms with Crippen LogP contribution in [-0.4, -0.2) is 45.7 Å². The van der Waals surface area contributed by atoms with Crippen LogP contribution in [0.5, 0.6) is 0 Å². The van der Waals surface area contributed by atoms with Crippen molar-refractivity contribution in [2.75, 3.05) is 6.54 Å². The van der Waals surface area contributed by atoms with E-state index in [9.17, 15) is 14.7 Å². The summed E-state index contributed by atoms with van der Waals surface area (Å²) < 4.78 is 0. The number of carboxylic acid groups (broad SMARTS) is 1. The number of carboxylic acids is 1. The van der Waals surface area contributed by atoms with Crippen molar-refractivity contribution in [1.82, 2.24) is 4.90 Å². The minimum Gasteiger partial charge on any atom is -0.477 e. The zero-order valence-corrected chi connectivity index (χ0v) is 16.5. The van der Waals surface area contributed by atoms with Crippen molar-refractivity contribution in [2.24, 2.45) is 0 Å². The maximum Gasteiger partial charge on any atom is 0.345 e. The summed E-state index contributed by atoms with van der Waals surface area (Å²) in [7, 11) is 0. The summed E-state index contributed by atoms with van der Waals surface area (Å²) in [6.07, 6.45) is 8.17. The smallest absolute Gasteiger partial charge is 0.345 e. The molecule has 1 aromatic heterocycles. The van der Waals surface area contributed by atoms with Gasteiger partial charge in [0.25, 0.3) is 0 Å². The molecule has 0 saturated carbocycles. The molecule has 1 unspecified atom stereocenters. The fourth-order valence-electron chi connectivity index (χ4n) is 3.08. The molecule has 0 aromatic carbocycles. The number of hydrogen-bond acceptors (Lipinski definition) is 4. The number of aromatic carboxylic acids is 1. The van der Waals surface area contributed by atoms with Gasteiger partial charge in [0.15, 0.2) is 0 Å². The molecule has 1 amide bonds. The third kappa shape index (κ3) is 6.85. The molecule has 1 aliphatic heterocycles. The van der Waals surface area contributed by atoms with Gasteiger partial charge < -0.3 is 15.1 Å². The average molecular weight is 390 g/mol. The monoisotopic (exact) mass is 389 g/mol. The number of rotatable bonds is 9. The zero-order valence-electron chi connectivity index (χ0n) is 15.7. The molecule has 0 bridgehead atoms. The predicted molar refractivity (Wildman–Crippen MR) is 107 cm³/mol. The lowest BCUT2D eigenvalue weighted by Gasteiger charge is -2.22. The summed E-state index contributed by atoms with van der Waals surface area (Å²) >= 11 is 1.29. The standard InChI is InChI=1S/C21H27NO4S/c1-2-3-4-5-7-17(23)11-9-16-10-14-20(24)22(16)15-6-8-18-12-13-19(27-18)21(25)26/h9,11-13,16-17,23H,2,5-8,10,14-15H2,1H3,(H,25,26)/b11-9+/t16?,17-/m0/s1. The molecule has 146 valence electrons. The number of hydrogen-bond donors (Lipinski definition) is 2. The third-order valence-corrected chi connectivity index (χ3v) is 5.62. The summed E-state index contributed by atoms with van der Waals surface area (Å²) in [5.74, 6) is 5.25. The molecule has 1 saturated heterocycles. The van der Waals surface area contributed by atoms with Gasteiger partial charge in [-0.3, -0.25) is 4.79 Å². The van der Waals surface area contributed by atoms with Gasteiger partial charge in [-0.15, -0.1) is 23.2 Å². The Labute approximate surface area is 164 Å². The molecule has 0 aliphatic carbocycles. The van der Waals surface area contributed by atoms with Crippen LogP contribution in [0, 0.1) is 11.8 Å². The van der Waals surface area contributed by atoms with Crippen LogP contribution in [0.3, 0.4) is 0 Å². The third-order valence-electron chi connectivity index (χ3n) is 4.49. The largest absolute Gasteiger partial charge is 0.477 e. The number of nitrogens with zero attached hydrogens (tertiary/aromatic N) is 1. The highest BCUT2D eigenvalue weighted by molar-refractivity contribution is 7.13. The van der Waals surface area contributed by atoms with Crippen molar-refractivity contribution in [2.45, 2.75) is 64.0 Å². The molecule has 2 N–H and O–H groups in total. The second kappa shape index (κ2) is 10.9. The Morgan fingerprint density at radius 3 is 2.96 bits per heavy atom. The van der Waals surface area contributed by atoms with E-state index in [2.05, 4.69) is 11.8 Å². The molecule has 2 atom stereocenters. The fourth-order valence-corrected chi connectivity index (χ4v) is 3.97. The summed E-state index contributed by atoms with van der Waals surface area (Å²) in [4.78, 5) is 26.3. The van der Waals surface area contributed by atoms with E-state index in [4.69, 9.17) is 5.11 Å². The Balaban J connectivity index is 1.80. The first kappa shape index (κ1) is 21.2. The van der Waals surface area contributed by atoms with E-state index in [1.807, 2.05) is 24.0 Å². The van der Waals surface area contributed by atoms with Crippen molar-refractivity contribution in [3.63, 3.8) is 0 Å². The van der Waals surface area contributed by atoms with Gasteiger partial charge in [-0.1, -0.05) is 19.1 Å². The molecule has 5 nitrogen and oxygen atoms in total. The first-order valence-electron chi connectivity index (χ1n) is 9.44. The lowest BCUT2D eigenvalue weighted by atomic mass is 10.1. The lowest BCUT2D eigenvalue weighted by Crippen LogP contribution is -2.33. The van der Waals surface area contributed by atoms with E-state index in [-0.39, 0.29) is 11.9 Å². The Hall–Kier alpha value is -2.10. The normalized spacial score (nSPS) is 17.9. The van der Waals surface area contributed by atoms with Crippen molar-refractivity contribution < 1.29 is 19.8 Å². The summed E-state index contributed by atoms with van der Waals surface area (Å²) in [6.45, 7) is 2.64. The highest BCUT2D eigenvalue weighted by atomic mass is 32.1. The van der Waals surface area contributed by atoms with Gasteiger partial charge in [-0.2, -0.15) is 0 Å². The van der Waals surface area contributed by atoms with Crippen molar-refractivity contribution in [3.05, 3.63) is 34.0 Å². The SMILES string of the molecule is CCC#CCC[C@H](O)/C=C/C1CCC(=O)N1CCCc1ccc(C(=O)O)s1. The van der Waals surface area contributed by atoms with Crippen LogP contribution in [-0.2, 0) is 11.2 Å². The molecule has 2 heterocycles. The number of aliphatic hydroxyl groups excluding tert-OH is 1. The number of amides is 1. The second-order valence-corrected chi connectivity index (χ2v) is 7.73. The Morgan fingerprint density at radius 1 is 1.44 bits per heavy atom. The minimum atomic E-state index is -0.898. The van der Waals surface area contributed by atoms with Crippen LogP contribution < -0.4 is 0 Å². The van der Waals surface area contributed by atoms with Gasteiger partial charge in [0.05, 0.1) is 12.1 Å². The molecule has 1 aliphatic rings. The number of aryl methyl sites for hydroxylation is 1. The van der Waals surface area contributed by atoms with Gasteiger partial charge in [0.1, 0.15) is 4.88 Å². The highest BCUT2D eigenvalue weighted by Gasteiger charge is 2.28. The molecular formula is C21H27NO4S. The van der Waals surface area contributed by atoms with Crippen LogP contribution in [0.25, 0.3) is 0 Å². The molecular weight excluding hydrogens is 362 g/mol. The number of thiophene rings is 1. The molecule has 6 heteroatoms. The summed E-state index contributed by atoms with van der Waals surface area (Å²) in [5, 5.41) is 19.0. The number of aliphatic hydroxyl groups is 1. The molecule has 1 aromatic rings. The molecule has 27 heavy (non-hydrogen) atoms. The molecule has 1 fully saturated rings. The number of likely N-dealkylation sites (tertiary alicyclic amines) is 1. The van der Waals surface area contributed by atoms with Gasteiger partial charge >= 0.3 is 5.97 Å². The average Bonchev–Trinajstić information content (AvgIpc) is 3.25. The van der Waals surface area contributed by atoms with Crippen LogP contribution in [0.1, 0.15) is 60.0 Å². The Kier molecular flexibility index (Phi) is 8.56. The van der Waals surface area contributed by atoms with Crippen LogP contribution in [0.15, 0.2) is 24.3 Å². The number of carbonyl (C=O) groups excluding carboxylic acids is 1. The number of carbonyl (C=O) groups is 2. The second-order valence-electron chi connectivity index (χ2n) is 6.57. The van der Waals surface area contributed by atoms with Crippen molar-refractivity contribution >= 4 is 23.2 Å². The molecule has 2 rings (SSSR count). The fraction of sp³-hybridized carbons (Fsp3) is 0.524. The topological polar surface area (TPSA) is 77.8 Å². The summed E-state index contributed by atoms with van der Waals surface area (Å²) in [5.41, 5.74) is 0. The minimum absolute atomic E-state index is 0.0341. The van der Waals surface area contributed by atoms with Gasteiger partial charge in [0, 0.05) is 30.7 Å². The first-order chi connectivity index (χ1) is 13.0. The van der Waals surface area contributed by atoms with E-state index in [1.165, 1.54) is 11.3 Å². The van der Waals surface area contributed by atoms with E-state index < -0.39 is 12.1 Å². The van der Waals surface area contributed by atoms with E-state index in [0.29, 0.717) is 30.7 Å². The van der Waals surface area contributed by atoms with Crippen LogP contribution >= 0.6 is 11.3 Å². The van der Waals surface area contributed by atoms with Crippen LogP contribution in [0.2, 0.25) is 0 Å². The van der Waals surface area contributed by atoms with E-state index >= 15 is 0 Å². The first-order valence-corrected chi connectivity index (χ1v) is 10.3. The molecule has 0 radical (unpaired) electrons. The quantitative estimate of drug-likeness (QED) is 0.501. The van der Waals surface area contributed by atoms with E-state index in [1.54, 1.807) is 12.1 Å². The van der Waals surface area contributed by atoms with Gasteiger partial charge in [0.2, 0.25) is 5.91 Å². The van der Waals surface area contributed by atoms with Crippen molar-refractivity contribution in [3.8, 4) is 11.8 Å². The summed E-state index contributed by atoms with van der Waals surface area (Å²) in [6, 6.07) is 3.50. The highest BCUT2D eigenvalue weighted by Crippen LogP contribution is 2.22. The molecule has 0 spiro atoms. The van der Waals surface area contributed by atoms with Crippen LogP contribution in [0.4, 0.5) is 0 Å². The Bertz CT molecular complexity index is 728. The zero-order chi connectivity index (χ0) is 19.6. The van der Waals surface area contributed by atoms with Gasteiger partial charge in [-0.25, -0.2) is 4.79 Å². The maximum absolute atomic E-state index is 12.1. The Morgan fingerprint density at radius 2 is 2.26 bits per heavy atom. The predicted octanol–water partition coefficient (Wildman–Crippen LogP) is 3.48. The maximum atomic E-state index is 12.1. The van der Waals surface area contributed by atoms with E-state index in [0.717, 1.165) is 30.6 Å². The van der Waals surface area contributed by atoms with Gasteiger partial charge in [-0.05, 0) is 37.8 Å².